The van der Waals surface area contributed by atoms with Crippen LogP contribution >= 0.6 is 0 Å². The van der Waals surface area contributed by atoms with Gasteiger partial charge in [-0.3, -0.25) is 4.98 Å². The van der Waals surface area contributed by atoms with Gasteiger partial charge in [0.25, 0.3) is 0 Å². The zero-order chi connectivity index (χ0) is 15.4. The van der Waals surface area contributed by atoms with Gasteiger partial charge in [0.15, 0.2) is 0 Å². The van der Waals surface area contributed by atoms with Crippen molar-refractivity contribution in [2.45, 2.75) is 19.3 Å². The van der Waals surface area contributed by atoms with Gasteiger partial charge >= 0.3 is 0 Å². The Labute approximate surface area is 134 Å². The number of aromatic nitrogens is 2. The van der Waals surface area contributed by atoms with Crippen LogP contribution in [0.3, 0.4) is 0 Å². The average molecular weight is 299 g/mol. The largest absolute Gasteiger partial charge is 0.399 e. The highest BCUT2D eigenvalue weighted by molar-refractivity contribution is 6.08. The normalized spacial score (nSPS) is 13.7. The molecule has 0 saturated heterocycles. The fourth-order valence-corrected chi connectivity index (χ4v) is 3.91. The lowest BCUT2D eigenvalue weighted by molar-refractivity contribution is 0.913. The number of hydrogen-bond donors (Lipinski definition) is 2. The molecular formula is C20H17N3. The summed E-state index contributed by atoms with van der Waals surface area (Å²) in [4.78, 5) is 8.13. The Kier molecular flexibility index (Phi) is 2.54. The van der Waals surface area contributed by atoms with E-state index < -0.39 is 0 Å². The highest BCUT2D eigenvalue weighted by Gasteiger charge is 2.21. The van der Waals surface area contributed by atoms with Crippen LogP contribution in [0.5, 0.6) is 0 Å². The topological polar surface area (TPSA) is 54.7 Å². The monoisotopic (exact) mass is 299 g/mol. The van der Waals surface area contributed by atoms with Gasteiger partial charge in [-0.2, -0.15) is 0 Å². The number of aryl methyl sites for hydroxylation is 1. The van der Waals surface area contributed by atoms with Crippen molar-refractivity contribution in [3.63, 3.8) is 0 Å². The van der Waals surface area contributed by atoms with E-state index in [2.05, 4.69) is 40.3 Å². The van der Waals surface area contributed by atoms with Crippen LogP contribution in [0, 0.1) is 0 Å². The van der Waals surface area contributed by atoms with Crippen LogP contribution < -0.4 is 5.73 Å². The van der Waals surface area contributed by atoms with E-state index >= 15 is 0 Å². The molecule has 3 nitrogen and oxygen atoms in total. The summed E-state index contributed by atoms with van der Waals surface area (Å²) < 4.78 is 0. The lowest BCUT2D eigenvalue weighted by Crippen LogP contribution is -1.96. The Morgan fingerprint density at radius 3 is 2.61 bits per heavy atom. The van der Waals surface area contributed by atoms with Crippen molar-refractivity contribution in [1.29, 1.82) is 0 Å². The number of nitrogens with two attached hydrogens (primary N) is 1. The first-order valence-electron chi connectivity index (χ1n) is 8.08. The maximum Gasteiger partial charge on any atom is 0.0710 e. The highest BCUT2D eigenvalue weighted by atomic mass is 14.7. The summed E-state index contributed by atoms with van der Waals surface area (Å²) in [5.41, 5.74) is 14.3. The molecule has 4 aromatic rings. The number of fused-ring (bicyclic) bond motifs is 5. The fraction of sp³-hybridized carbons (Fsp3) is 0.150. The van der Waals surface area contributed by atoms with Crippen LogP contribution in [0.1, 0.15) is 17.5 Å². The molecule has 0 spiro atoms. The van der Waals surface area contributed by atoms with Gasteiger partial charge in [-0.25, -0.2) is 0 Å². The van der Waals surface area contributed by atoms with Crippen molar-refractivity contribution in [3.8, 4) is 11.3 Å². The zero-order valence-electron chi connectivity index (χ0n) is 12.8. The molecule has 23 heavy (non-hydrogen) atoms. The molecule has 0 unspecified atom stereocenters. The van der Waals surface area contributed by atoms with Crippen molar-refractivity contribution in [1.82, 2.24) is 9.97 Å². The van der Waals surface area contributed by atoms with Crippen molar-refractivity contribution in [3.05, 3.63) is 59.8 Å². The lowest BCUT2D eigenvalue weighted by Gasteiger charge is -2.14. The standard InChI is InChI=1S/C20H17N3/c21-13-6-4-12(5-7-13)20-15-3-1-2-14(15)19-16-10-11-22-17(16)8-9-18(19)23-20/h4-11,23H,1-3,21H2. The number of nitrogen functional groups attached to an aromatic ring is 1. The van der Waals surface area contributed by atoms with Gasteiger partial charge in [0, 0.05) is 33.9 Å². The molecule has 0 amide bonds. The zero-order valence-corrected chi connectivity index (χ0v) is 12.8. The molecule has 112 valence electrons. The maximum atomic E-state index is 5.84. The second-order valence-corrected chi connectivity index (χ2v) is 6.30. The van der Waals surface area contributed by atoms with Gasteiger partial charge in [0.1, 0.15) is 0 Å². The first kappa shape index (κ1) is 12.7. The van der Waals surface area contributed by atoms with Crippen LogP contribution in [0.4, 0.5) is 5.69 Å². The summed E-state index contributed by atoms with van der Waals surface area (Å²) in [5, 5.41) is 2.62. The number of nitrogens with zero attached hydrogens (tertiary/aromatic N) is 1. The third-order valence-electron chi connectivity index (χ3n) is 4.96. The molecule has 2 heterocycles. The van der Waals surface area contributed by atoms with Gasteiger partial charge in [0.2, 0.25) is 0 Å². The van der Waals surface area contributed by atoms with E-state index in [1.165, 1.54) is 45.1 Å². The Morgan fingerprint density at radius 1 is 0.913 bits per heavy atom. The van der Waals surface area contributed by atoms with E-state index in [4.69, 9.17) is 5.73 Å². The van der Waals surface area contributed by atoms with Crippen molar-refractivity contribution in [2.75, 3.05) is 5.73 Å². The number of pyridine rings is 1. The molecule has 0 saturated carbocycles. The van der Waals surface area contributed by atoms with Crippen molar-refractivity contribution >= 4 is 27.5 Å². The third kappa shape index (κ3) is 1.80. The molecule has 0 atom stereocenters. The first-order chi connectivity index (χ1) is 11.3. The molecule has 0 radical (unpaired) electrons. The lowest BCUT2D eigenvalue weighted by atomic mass is 9.97. The van der Waals surface area contributed by atoms with E-state index in [9.17, 15) is 0 Å². The maximum absolute atomic E-state index is 5.84. The molecule has 0 fully saturated rings. The van der Waals surface area contributed by atoms with Crippen LogP contribution in [-0.4, -0.2) is 9.97 Å². The third-order valence-corrected chi connectivity index (χ3v) is 4.96. The van der Waals surface area contributed by atoms with Crippen LogP contribution in [0.25, 0.3) is 33.1 Å². The molecule has 0 bridgehead atoms. The molecule has 2 aromatic heterocycles. The number of aromatic amines is 1. The second kappa shape index (κ2) is 4.59. The summed E-state index contributed by atoms with van der Waals surface area (Å²) in [6.45, 7) is 0. The van der Waals surface area contributed by atoms with Crippen molar-refractivity contribution < 1.29 is 0 Å². The van der Waals surface area contributed by atoms with Crippen LogP contribution in [0.15, 0.2) is 48.7 Å². The second-order valence-electron chi connectivity index (χ2n) is 6.30. The summed E-state index contributed by atoms with van der Waals surface area (Å²) in [6.07, 6.45) is 5.40. The number of benzene rings is 2. The molecule has 3 heteroatoms. The van der Waals surface area contributed by atoms with Crippen LogP contribution in [0.2, 0.25) is 0 Å². The highest BCUT2D eigenvalue weighted by Crippen LogP contribution is 2.38. The summed E-state index contributed by atoms with van der Waals surface area (Å²) in [5.74, 6) is 0. The Morgan fingerprint density at radius 2 is 1.74 bits per heavy atom. The fourth-order valence-electron chi connectivity index (χ4n) is 3.91. The van der Waals surface area contributed by atoms with Gasteiger partial charge in [-0.15, -0.1) is 0 Å². The summed E-state index contributed by atoms with van der Waals surface area (Å²) >= 11 is 0. The molecule has 1 aliphatic rings. The average Bonchev–Trinajstić information content (AvgIpc) is 3.23. The molecule has 3 N–H and O–H groups in total. The van der Waals surface area contributed by atoms with Crippen molar-refractivity contribution in [2.24, 2.45) is 0 Å². The smallest absolute Gasteiger partial charge is 0.0710 e. The van der Waals surface area contributed by atoms with Gasteiger partial charge in [-0.05, 0) is 66.3 Å². The Bertz CT molecular complexity index is 1040. The number of hydrogen-bond acceptors (Lipinski definition) is 2. The van der Waals surface area contributed by atoms with Gasteiger partial charge in [-0.1, -0.05) is 12.1 Å². The Hall–Kier alpha value is -2.81. The van der Waals surface area contributed by atoms with E-state index in [1.54, 1.807) is 0 Å². The molecular weight excluding hydrogens is 282 g/mol. The first-order valence-corrected chi connectivity index (χ1v) is 8.08. The quantitative estimate of drug-likeness (QED) is 0.510. The number of anilines is 1. The number of rotatable bonds is 1. The molecule has 1 aliphatic carbocycles. The van der Waals surface area contributed by atoms with E-state index in [1.807, 2.05) is 18.3 Å². The predicted octanol–water partition coefficient (Wildman–Crippen LogP) is 4.45. The summed E-state index contributed by atoms with van der Waals surface area (Å²) in [6, 6.07) is 14.5. The SMILES string of the molecule is Nc1ccc(-c2[nH]c3ccc4nccc4c3c3c2CCC3)cc1. The van der Waals surface area contributed by atoms with Gasteiger partial charge in [0.05, 0.1) is 5.52 Å². The van der Waals surface area contributed by atoms with Gasteiger partial charge < -0.3 is 10.7 Å². The van der Waals surface area contributed by atoms with E-state index in [0.29, 0.717) is 0 Å². The number of H-pyrrole nitrogens is 1. The predicted molar refractivity (Wildman–Crippen MR) is 95.5 cm³/mol. The van der Waals surface area contributed by atoms with E-state index in [0.717, 1.165) is 24.0 Å². The minimum absolute atomic E-state index is 0.802. The molecule has 5 rings (SSSR count). The van der Waals surface area contributed by atoms with Crippen LogP contribution in [-0.2, 0) is 12.8 Å². The minimum atomic E-state index is 0.802. The molecule has 0 aliphatic heterocycles. The van der Waals surface area contributed by atoms with E-state index in [-0.39, 0.29) is 0 Å². The Balaban J connectivity index is 1.88. The summed E-state index contributed by atoms with van der Waals surface area (Å²) in [7, 11) is 0. The minimum Gasteiger partial charge on any atom is -0.399 e. The molecule has 2 aromatic carbocycles. The number of nitrogens with one attached hydrogen (secondary N) is 1.